The fourth-order valence-corrected chi connectivity index (χ4v) is 3.47. The van der Waals surface area contributed by atoms with E-state index in [0.717, 1.165) is 32.1 Å². The highest BCUT2D eigenvalue weighted by molar-refractivity contribution is 5.92. The van der Waals surface area contributed by atoms with E-state index in [0.29, 0.717) is 31.2 Å². The molecule has 1 N–H and O–H groups in total. The van der Waals surface area contributed by atoms with Crippen molar-refractivity contribution in [3.8, 4) is 5.88 Å². The average Bonchev–Trinajstić information content (AvgIpc) is 3.15. The fraction of sp³-hybridized carbons (Fsp3) is 0.500. The van der Waals surface area contributed by atoms with Crippen molar-refractivity contribution in [3.05, 3.63) is 37.1 Å². The zero-order chi connectivity index (χ0) is 19.3. The Bertz CT molecular complexity index is 794. The molecule has 2 aliphatic rings. The molecular formula is C20H25N5O3. The second-order valence-corrected chi connectivity index (χ2v) is 7.44. The van der Waals surface area contributed by atoms with Gasteiger partial charge in [-0.3, -0.25) is 9.59 Å². The van der Waals surface area contributed by atoms with Gasteiger partial charge in [0.05, 0.1) is 18.2 Å². The molecule has 2 aromatic heterocycles. The maximum absolute atomic E-state index is 12.3. The maximum atomic E-state index is 12.3. The van der Waals surface area contributed by atoms with Gasteiger partial charge in [0, 0.05) is 50.3 Å². The van der Waals surface area contributed by atoms with E-state index in [9.17, 15) is 9.59 Å². The Labute approximate surface area is 163 Å². The van der Waals surface area contributed by atoms with Crippen LogP contribution in [0, 0.1) is 5.92 Å². The van der Waals surface area contributed by atoms with Gasteiger partial charge in [0.15, 0.2) is 0 Å². The molecule has 0 radical (unpaired) electrons. The number of imidazole rings is 1. The van der Waals surface area contributed by atoms with Crippen LogP contribution in [0.3, 0.4) is 0 Å². The van der Waals surface area contributed by atoms with Crippen LogP contribution in [0.1, 0.15) is 32.1 Å². The van der Waals surface area contributed by atoms with Crippen LogP contribution in [0.4, 0.5) is 5.69 Å². The smallest absolute Gasteiger partial charge is 0.242 e. The van der Waals surface area contributed by atoms with Crippen LogP contribution in [-0.2, 0) is 16.1 Å². The summed E-state index contributed by atoms with van der Waals surface area (Å²) < 4.78 is 7.73. The summed E-state index contributed by atoms with van der Waals surface area (Å²) >= 11 is 0. The van der Waals surface area contributed by atoms with Gasteiger partial charge in [-0.25, -0.2) is 9.97 Å². The Balaban J connectivity index is 1.22. The van der Waals surface area contributed by atoms with Crippen molar-refractivity contribution in [3.63, 3.8) is 0 Å². The number of piperidine rings is 1. The van der Waals surface area contributed by atoms with Gasteiger partial charge < -0.3 is 19.5 Å². The Morgan fingerprint density at radius 3 is 2.61 bits per heavy atom. The Morgan fingerprint density at radius 1 is 1.18 bits per heavy atom. The van der Waals surface area contributed by atoms with Crippen molar-refractivity contribution in [2.45, 2.75) is 44.8 Å². The molecule has 0 atom stereocenters. The Kier molecular flexibility index (Phi) is 5.55. The lowest BCUT2D eigenvalue weighted by molar-refractivity contribution is -0.133. The van der Waals surface area contributed by atoms with Crippen molar-refractivity contribution in [2.75, 3.05) is 18.4 Å². The molecule has 0 aromatic carbocycles. The zero-order valence-corrected chi connectivity index (χ0v) is 15.8. The van der Waals surface area contributed by atoms with Crippen LogP contribution < -0.4 is 10.1 Å². The quantitative estimate of drug-likeness (QED) is 0.825. The van der Waals surface area contributed by atoms with Crippen molar-refractivity contribution in [1.29, 1.82) is 0 Å². The summed E-state index contributed by atoms with van der Waals surface area (Å²) in [6.07, 6.45) is 11.4. The van der Waals surface area contributed by atoms with Crippen LogP contribution in [0.25, 0.3) is 0 Å². The van der Waals surface area contributed by atoms with Gasteiger partial charge in [-0.15, -0.1) is 0 Å². The first kappa shape index (κ1) is 18.5. The molecule has 4 rings (SSSR count). The van der Waals surface area contributed by atoms with E-state index < -0.39 is 0 Å². The number of pyridine rings is 1. The Morgan fingerprint density at radius 2 is 2.00 bits per heavy atom. The number of rotatable bonds is 6. The van der Waals surface area contributed by atoms with Gasteiger partial charge in [0.1, 0.15) is 12.6 Å². The van der Waals surface area contributed by atoms with Gasteiger partial charge in [0.2, 0.25) is 17.7 Å². The molecule has 0 bridgehead atoms. The SMILES string of the molecule is O=C(Nc1ccc(OC2CCN(C(=O)Cn3ccnc3)CC2)nc1)C1CCC1. The number of amides is 2. The number of likely N-dealkylation sites (tertiary alicyclic amines) is 1. The van der Waals surface area contributed by atoms with Gasteiger partial charge >= 0.3 is 0 Å². The number of anilines is 1. The molecule has 2 fully saturated rings. The van der Waals surface area contributed by atoms with Crippen molar-refractivity contribution < 1.29 is 14.3 Å². The predicted octanol–water partition coefficient (Wildman–Crippen LogP) is 2.09. The summed E-state index contributed by atoms with van der Waals surface area (Å²) in [7, 11) is 0. The summed E-state index contributed by atoms with van der Waals surface area (Å²) in [6.45, 7) is 1.67. The molecular weight excluding hydrogens is 358 g/mol. The lowest BCUT2D eigenvalue weighted by Gasteiger charge is -2.32. The summed E-state index contributed by atoms with van der Waals surface area (Å²) in [5, 5.41) is 2.90. The lowest BCUT2D eigenvalue weighted by Crippen LogP contribution is -2.43. The highest BCUT2D eigenvalue weighted by Crippen LogP contribution is 2.27. The number of aromatic nitrogens is 3. The molecule has 0 spiro atoms. The van der Waals surface area contributed by atoms with Gasteiger partial charge in [0.25, 0.3) is 0 Å². The van der Waals surface area contributed by atoms with E-state index in [1.54, 1.807) is 35.6 Å². The molecule has 1 aliphatic heterocycles. The number of carbonyl (C=O) groups is 2. The molecule has 2 amide bonds. The van der Waals surface area contributed by atoms with E-state index in [1.807, 2.05) is 11.0 Å². The predicted molar refractivity (Wildman–Crippen MR) is 103 cm³/mol. The summed E-state index contributed by atoms with van der Waals surface area (Å²) in [4.78, 5) is 34.4. The number of carbonyl (C=O) groups excluding carboxylic acids is 2. The van der Waals surface area contributed by atoms with E-state index in [4.69, 9.17) is 4.74 Å². The minimum Gasteiger partial charge on any atom is -0.474 e. The minimum absolute atomic E-state index is 0.0419. The first-order valence-corrected chi connectivity index (χ1v) is 9.84. The largest absolute Gasteiger partial charge is 0.474 e. The van der Waals surface area contributed by atoms with Crippen LogP contribution in [0.2, 0.25) is 0 Å². The fourth-order valence-electron chi connectivity index (χ4n) is 3.47. The monoisotopic (exact) mass is 383 g/mol. The summed E-state index contributed by atoms with van der Waals surface area (Å²) in [5.74, 6) is 0.873. The standard InChI is InChI=1S/C20H25N5O3/c26-19(13-24-11-8-21-14-24)25-9-6-17(7-10-25)28-18-5-4-16(12-22-18)23-20(27)15-2-1-3-15/h4-5,8,11-12,14-15,17H,1-3,6-7,9-10,13H2,(H,23,27). The number of nitrogens with zero attached hydrogens (tertiary/aromatic N) is 4. The second-order valence-electron chi connectivity index (χ2n) is 7.44. The third-order valence-electron chi connectivity index (χ3n) is 5.44. The molecule has 1 saturated carbocycles. The second kappa shape index (κ2) is 8.41. The topological polar surface area (TPSA) is 89.4 Å². The molecule has 1 saturated heterocycles. The molecule has 8 heteroatoms. The molecule has 148 valence electrons. The number of nitrogens with one attached hydrogen (secondary N) is 1. The zero-order valence-electron chi connectivity index (χ0n) is 15.8. The first-order valence-electron chi connectivity index (χ1n) is 9.84. The third kappa shape index (κ3) is 4.49. The van der Waals surface area contributed by atoms with E-state index in [1.165, 1.54) is 0 Å². The van der Waals surface area contributed by atoms with Crippen LogP contribution >= 0.6 is 0 Å². The molecule has 0 unspecified atom stereocenters. The van der Waals surface area contributed by atoms with Crippen LogP contribution in [-0.4, -0.2) is 50.4 Å². The average molecular weight is 383 g/mol. The number of ether oxygens (including phenoxy) is 1. The molecule has 2 aromatic rings. The van der Waals surface area contributed by atoms with E-state index in [2.05, 4.69) is 15.3 Å². The molecule has 28 heavy (non-hydrogen) atoms. The third-order valence-corrected chi connectivity index (χ3v) is 5.44. The summed E-state index contributed by atoms with van der Waals surface area (Å²) in [5.41, 5.74) is 0.698. The number of hydrogen-bond donors (Lipinski definition) is 1. The van der Waals surface area contributed by atoms with Gasteiger partial charge in [-0.1, -0.05) is 6.42 Å². The lowest BCUT2D eigenvalue weighted by atomic mass is 9.85. The van der Waals surface area contributed by atoms with Crippen molar-refractivity contribution in [2.24, 2.45) is 5.92 Å². The van der Waals surface area contributed by atoms with Crippen LogP contribution in [0.5, 0.6) is 5.88 Å². The Hall–Kier alpha value is -2.90. The van der Waals surface area contributed by atoms with Gasteiger partial charge in [-0.05, 0) is 18.9 Å². The van der Waals surface area contributed by atoms with Crippen molar-refractivity contribution in [1.82, 2.24) is 19.4 Å². The highest BCUT2D eigenvalue weighted by atomic mass is 16.5. The van der Waals surface area contributed by atoms with E-state index in [-0.39, 0.29) is 23.8 Å². The van der Waals surface area contributed by atoms with Gasteiger partial charge in [-0.2, -0.15) is 0 Å². The summed E-state index contributed by atoms with van der Waals surface area (Å²) in [6, 6.07) is 3.61. The minimum atomic E-state index is 0.0419. The highest BCUT2D eigenvalue weighted by Gasteiger charge is 2.26. The van der Waals surface area contributed by atoms with Crippen molar-refractivity contribution >= 4 is 17.5 Å². The molecule has 3 heterocycles. The first-order chi connectivity index (χ1) is 13.7. The normalized spacial score (nSPS) is 17.8. The maximum Gasteiger partial charge on any atom is 0.242 e. The molecule has 8 nitrogen and oxygen atoms in total. The van der Waals surface area contributed by atoms with E-state index >= 15 is 0 Å². The van der Waals surface area contributed by atoms with Crippen LogP contribution in [0.15, 0.2) is 37.1 Å². The number of hydrogen-bond acceptors (Lipinski definition) is 5. The molecule has 1 aliphatic carbocycles.